The van der Waals surface area contributed by atoms with Gasteiger partial charge in [-0.25, -0.2) is 9.13 Å². The number of aromatic nitrogens is 2. The molecule has 11 N–H and O–H groups in total. The highest BCUT2D eigenvalue weighted by Gasteiger charge is 2.34. The predicted molar refractivity (Wildman–Crippen MR) is 154 cm³/mol. The molecule has 0 fully saturated rings. The topological polar surface area (TPSA) is 243 Å². The van der Waals surface area contributed by atoms with Crippen molar-refractivity contribution in [3.8, 4) is 0 Å². The average molecular weight is 618 g/mol. The standard InChI is InChI=1S/C28H48N4O11/c1-4-31-16(3)32(5-2)19-11-17(7-8-18(19)31)28(43)29-9-6-10-30(12-20(35)24(39)26(41)22(37)14-33)13-21(36)25(40)27(42)23(38)15-34/h7-8,11,20-27,33-42H,4-6,9-10,12-15H2,1-3H3/p+1/t20-,21-,22+,23+,24+,25+,26+,27+/m0/s1. The Morgan fingerprint density at radius 3 is 1.84 bits per heavy atom. The van der Waals surface area contributed by atoms with Gasteiger partial charge in [-0.05, 0) is 32.4 Å². The lowest BCUT2D eigenvalue weighted by Crippen LogP contribution is -2.53. The summed E-state index contributed by atoms with van der Waals surface area (Å²) in [6, 6.07) is 5.47. The molecule has 0 saturated heterocycles. The van der Waals surface area contributed by atoms with E-state index < -0.39 is 62.0 Å². The Morgan fingerprint density at radius 1 is 0.860 bits per heavy atom. The monoisotopic (exact) mass is 617 g/mol. The number of carbonyl (C=O) groups excluding carboxylic acids is 1. The molecule has 2 aromatic rings. The van der Waals surface area contributed by atoms with Gasteiger partial charge in [0.1, 0.15) is 36.6 Å². The van der Waals surface area contributed by atoms with Crippen LogP contribution in [0, 0.1) is 6.92 Å². The molecule has 0 unspecified atom stereocenters. The van der Waals surface area contributed by atoms with Gasteiger partial charge < -0.3 is 56.4 Å². The van der Waals surface area contributed by atoms with Gasteiger partial charge in [0.25, 0.3) is 11.7 Å². The van der Waals surface area contributed by atoms with Crippen molar-refractivity contribution in [3.63, 3.8) is 0 Å². The molecule has 1 aromatic carbocycles. The minimum Gasteiger partial charge on any atom is -0.394 e. The lowest BCUT2D eigenvalue weighted by atomic mass is 10.0. The summed E-state index contributed by atoms with van der Waals surface area (Å²) in [5.74, 6) is 0.764. The van der Waals surface area contributed by atoms with Gasteiger partial charge in [0.2, 0.25) is 0 Å². The van der Waals surface area contributed by atoms with Crippen LogP contribution >= 0.6 is 0 Å². The van der Waals surface area contributed by atoms with Crippen molar-refractivity contribution in [2.45, 2.75) is 89.1 Å². The van der Waals surface area contributed by atoms with Crippen LogP contribution in [-0.4, -0.2) is 155 Å². The van der Waals surface area contributed by atoms with Crippen LogP contribution < -0.4 is 9.88 Å². The summed E-state index contributed by atoms with van der Waals surface area (Å²) in [6.07, 6.45) is -14.0. The Morgan fingerprint density at radius 2 is 1.37 bits per heavy atom. The molecule has 0 bridgehead atoms. The first-order valence-electron chi connectivity index (χ1n) is 14.5. The molecular formula is C28H49N4O11+. The van der Waals surface area contributed by atoms with Crippen LogP contribution in [0.2, 0.25) is 0 Å². The predicted octanol–water partition coefficient (Wildman–Crippen LogP) is -4.43. The Balaban J connectivity index is 2.09. The minimum atomic E-state index is -1.88. The van der Waals surface area contributed by atoms with E-state index in [9.17, 15) is 45.6 Å². The lowest BCUT2D eigenvalue weighted by molar-refractivity contribution is -0.674. The van der Waals surface area contributed by atoms with Gasteiger partial charge in [-0.3, -0.25) is 9.69 Å². The fraction of sp³-hybridized carbons (Fsp3) is 0.714. The number of carbonyl (C=O) groups is 1. The summed E-state index contributed by atoms with van der Waals surface area (Å²) in [4.78, 5) is 14.3. The first-order chi connectivity index (χ1) is 20.3. The number of aryl methyl sites for hydroxylation is 2. The summed E-state index contributed by atoms with van der Waals surface area (Å²) < 4.78 is 4.29. The van der Waals surface area contributed by atoms with Crippen molar-refractivity contribution in [3.05, 3.63) is 29.6 Å². The second-order valence-electron chi connectivity index (χ2n) is 10.7. The molecule has 0 radical (unpaired) electrons. The smallest absolute Gasteiger partial charge is 0.254 e. The molecule has 1 heterocycles. The van der Waals surface area contributed by atoms with E-state index in [0.29, 0.717) is 5.56 Å². The summed E-state index contributed by atoms with van der Waals surface area (Å²) in [5, 5.41) is 101. The SMILES string of the molecule is CCn1c(C)[n+](CC)c2ccc(C(=O)NCCCN(C[C@H](O)[C@@H](O)[C@H](O)[C@H](O)CO)C[C@H](O)[C@@H](O)[C@H](O)[C@H](O)CO)cc21. The zero-order valence-electron chi connectivity index (χ0n) is 24.9. The first-order valence-corrected chi connectivity index (χ1v) is 14.5. The second-order valence-corrected chi connectivity index (χ2v) is 10.7. The van der Waals surface area contributed by atoms with E-state index in [0.717, 1.165) is 29.9 Å². The van der Waals surface area contributed by atoms with Gasteiger partial charge in [0.05, 0.1) is 38.5 Å². The zero-order chi connectivity index (χ0) is 32.4. The summed E-state index contributed by atoms with van der Waals surface area (Å²) in [6.45, 7) is 5.42. The van der Waals surface area contributed by atoms with Gasteiger partial charge in [-0.1, -0.05) is 0 Å². The number of amides is 1. The minimum absolute atomic E-state index is 0.0958. The van der Waals surface area contributed by atoms with E-state index in [-0.39, 0.29) is 38.5 Å². The van der Waals surface area contributed by atoms with Gasteiger partial charge in [0.15, 0.2) is 11.0 Å². The molecule has 2 rings (SSSR count). The van der Waals surface area contributed by atoms with Crippen molar-refractivity contribution in [2.24, 2.45) is 0 Å². The molecular weight excluding hydrogens is 568 g/mol. The molecule has 8 atom stereocenters. The highest BCUT2D eigenvalue weighted by atomic mass is 16.4. The molecule has 0 aliphatic rings. The number of benzene rings is 1. The molecule has 246 valence electrons. The van der Waals surface area contributed by atoms with Crippen molar-refractivity contribution in [2.75, 3.05) is 39.4 Å². The van der Waals surface area contributed by atoms with Crippen LogP contribution in [0.15, 0.2) is 18.2 Å². The Kier molecular flexibility index (Phi) is 14.8. The van der Waals surface area contributed by atoms with E-state index in [2.05, 4.69) is 21.4 Å². The molecule has 15 nitrogen and oxygen atoms in total. The van der Waals surface area contributed by atoms with Crippen LogP contribution in [0.1, 0.15) is 36.5 Å². The second kappa shape index (κ2) is 17.3. The number of aliphatic hydroxyl groups is 10. The Labute approximate surface area is 250 Å². The van der Waals surface area contributed by atoms with Crippen molar-refractivity contribution < 1.29 is 60.4 Å². The van der Waals surface area contributed by atoms with Crippen molar-refractivity contribution >= 4 is 16.9 Å². The largest absolute Gasteiger partial charge is 0.394 e. The molecule has 0 aliphatic carbocycles. The molecule has 0 aliphatic heterocycles. The maximum atomic E-state index is 12.9. The molecule has 15 heteroatoms. The maximum Gasteiger partial charge on any atom is 0.254 e. The Bertz CT molecular complexity index is 1120. The van der Waals surface area contributed by atoms with Crippen LogP contribution in [0.25, 0.3) is 11.0 Å². The fourth-order valence-corrected chi connectivity index (χ4v) is 5.14. The normalized spacial score (nSPS) is 17.8. The molecule has 1 aromatic heterocycles. The van der Waals surface area contributed by atoms with Gasteiger partial charge >= 0.3 is 0 Å². The highest BCUT2D eigenvalue weighted by Crippen LogP contribution is 2.17. The number of hydrogen-bond donors (Lipinski definition) is 11. The highest BCUT2D eigenvalue weighted by molar-refractivity contribution is 5.97. The quantitative estimate of drug-likeness (QED) is 0.0529. The third kappa shape index (κ3) is 9.36. The summed E-state index contributed by atoms with van der Waals surface area (Å²) in [7, 11) is 0. The first kappa shape index (κ1) is 36.9. The molecule has 0 saturated carbocycles. The number of hydrogen-bond acceptors (Lipinski definition) is 12. The summed E-state index contributed by atoms with van der Waals surface area (Å²) >= 11 is 0. The molecule has 43 heavy (non-hydrogen) atoms. The van der Waals surface area contributed by atoms with Crippen LogP contribution in [0.5, 0.6) is 0 Å². The van der Waals surface area contributed by atoms with Crippen LogP contribution in [-0.2, 0) is 13.1 Å². The number of rotatable bonds is 19. The van der Waals surface area contributed by atoms with E-state index in [1.807, 2.05) is 26.0 Å². The molecule has 1 amide bonds. The fourth-order valence-electron chi connectivity index (χ4n) is 5.14. The molecule has 0 spiro atoms. The lowest BCUT2D eigenvalue weighted by Gasteiger charge is -2.33. The Hall–Kier alpha value is -2.28. The number of aliphatic hydroxyl groups excluding tert-OH is 10. The number of imidazole rings is 1. The third-order valence-electron chi connectivity index (χ3n) is 7.71. The maximum absolute atomic E-state index is 12.9. The van der Waals surface area contributed by atoms with Crippen LogP contribution in [0.4, 0.5) is 0 Å². The van der Waals surface area contributed by atoms with E-state index in [1.165, 1.54) is 4.90 Å². The number of nitrogens with one attached hydrogen (secondary N) is 1. The van der Waals surface area contributed by atoms with Gasteiger partial charge in [-0.15, -0.1) is 0 Å². The van der Waals surface area contributed by atoms with E-state index >= 15 is 0 Å². The summed E-state index contributed by atoms with van der Waals surface area (Å²) in [5.41, 5.74) is 2.41. The van der Waals surface area contributed by atoms with Gasteiger partial charge in [-0.2, -0.15) is 0 Å². The van der Waals surface area contributed by atoms with Crippen molar-refractivity contribution in [1.29, 1.82) is 0 Å². The zero-order valence-corrected chi connectivity index (χ0v) is 24.9. The number of fused-ring (bicyclic) bond motifs is 1. The van der Waals surface area contributed by atoms with Gasteiger partial charge in [0, 0.05) is 44.7 Å². The number of nitrogens with zero attached hydrogens (tertiary/aromatic N) is 3. The van der Waals surface area contributed by atoms with E-state index in [1.54, 1.807) is 6.07 Å². The average Bonchev–Trinajstić information content (AvgIpc) is 3.29. The van der Waals surface area contributed by atoms with Crippen molar-refractivity contribution in [1.82, 2.24) is 14.8 Å². The van der Waals surface area contributed by atoms with Crippen LogP contribution in [0.3, 0.4) is 0 Å². The van der Waals surface area contributed by atoms with E-state index in [4.69, 9.17) is 10.2 Å². The third-order valence-corrected chi connectivity index (χ3v) is 7.71.